The minimum atomic E-state index is -0.483. The van der Waals surface area contributed by atoms with E-state index in [1.807, 2.05) is 0 Å². The number of methoxy groups -OCH3 is 1. The molecule has 0 atom stereocenters. The second kappa shape index (κ2) is 11.0. The third-order valence-corrected chi connectivity index (χ3v) is 6.70. The van der Waals surface area contributed by atoms with E-state index in [1.54, 1.807) is 29.2 Å². The predicted octanol–water partition coefficient (Wildman–Crippen LogP) is 3.28. The Balaban J connectivity index is 1.66. The SMILES string of the molecule is COC(=O)COc1ccc(C=C2SC(=O)N(CC(=O)N3CCCCCC3)C2=O)cc1I. The molecule has 1 aromatic carbocycles. The standard InChI is InChI=1S/C21H23IN2O6S/c1-29-19(26)13-30-16-7-6-14(10-15(16)22)11-17-20(27)24(21(28)31-17)12-18(25)23-8-4-2-3-5-9-23/h6-7,10-11H,2-5,8-9,12-13H2,1H3. The van der Waals surface area contributed by atoms with Crippen LogP contribution in [0, 0.1) is 3.57 Å². The Hall–Kier alpha value is -2.08. The number of nitrogens with zero attached hydrogens (tertiary/aromatic N) is 2. The summed E-state index contributed by atoms with van der Waals surface area (Å²) in [4.78, 5) is 51.9. The van der Waals surface area contributed by atoms with Crippen molar-refractivity contribution in [2.24, 2.45) is 0 Å². The van der Waals surface area contributed by atoms with E-state index in [-0.39, 0.29) is 24.0 Å². The summed E-state index contributed by atoms with van der Waals surface area (Å²) in [5.41, 5.74) is 0.708. The van der Waals surface area contributed by atoms with Gasteiger partial charge in [-0.05, 0) is 71.0 Å². The monoisotopic (exact) mass is 558 g/mol. The van der Waals surface area contributed by atoms with Crippen molar-refractivity contribution in [3.8, 4) is 5.75 Å². The van der Waals surface area contributed by atoms with E-state index in [0.717, 1.165) is 45.9 Å². The molecule has 10 heteroatoms. The van der Waals surface area contributed by atoms with Crippen molar-refractivity contribution in [2.45, 2.75) is 25.7 Å². The van der Waals surface area contributed by atoms with Crippen molar-refractivity contribution < 1.29 is 28.7 Å². The second-order valence-corrected chi connectivity index (χ2v) is 9.27. The number of hydrogen-bond acceptors (Lipinski definition) is 7. The van der Waals surface area contributed by atoms with Crippen molar-refractivity contribution in [3.05, 3.63) is 32.2 Å². The summed E-state index contributed by atoms with van der Waals surface area (Å²) in [5.74, 6) is -0.617. The maximum absolute atomic E-state index is 12.7. The third kappa shape index (κ3) is 6.22. The van der Waals surface area contributed by atoms with Gasteiger partial charge in [0.1, 0.15) is 12.3 Å². The number of rotatable bonds is 6. The van der Waals surface area contributed by atoms with E-state index in [1.165, 1.54) is 7.11 Å². The summed E-state index contributed by atoms with van der Waals surface area (Å²) in [7, 11) is 1.29. The number of amides is 3. The smallest absolute Gasteiger partial charge is 0.343 e. The number of benzene rings is 1. The molecule has 166 valence electrons. The van der Waals surface area contributed by atoms with Gasteiger partial charge in [-0.1, -0.05) is 18.9 Å². The Morgan fingerprint density at radius 1 is 1.16 bits per heavy atom. The van der Waals surface area contributed by atoms with Gasteiger partial charge >= 0.3 is 5.97 Å². The normalized spacial score (nSPS) is 18.3. The van der Waals surface area contributed by atoms with E-state index in [0.29, 0.717) is 24.4 Å². The van der Waals surface area contributed by atoms with Crippen LogP contribution in [0.25, 0.3) is 6.08 Å². The lowest BCUT2D eigenvalue weighted by molar-refractivity contribution is -0.143. The quantitative estimate of drug-likeness (QED) is 0.301. The Labute approximate surface area is 198 Å². The number of ether oxygens (including phenoxy) is 2. The zero-order chi connectivity index (χ0) is 22.4. The average molecular weight is 558 g/mol. The molecule has 1 aromatic rings. The van der Waals surface area contributed by atoms with Crippen molar-refractivity contribution in [1.82, 2.24) is 9.80 Å². The van der Waals surface area contributed by atoms with Gasteiger partial charge in [0, 0.05) is 13.1 Å². The van der Waals surface area contributed by atoms with Crippen LogP contribution in [0.3, 0.4) is 0 Å². The van der Waals surface area contributed by atoms with E-state index in [4.69, 9.17) is 4.74 Å². The maximum atomic E-state index is 12.7. The van der Waals surface area contributed by atoms with Crippen LogP contribution in [0.15, 0.2) is 23.1 Å². The van der Waals surface area contributed by atoms with Crippen LogP contribution in [-0.4, -0.2) is 66.2 Å². The molecule has 2 aliphatic rings. The second-order valence-electron chi connectivity index (χ2n) is 7.12. The van der Waals surface area contributed by atoms with Gasteiger partial charge in [0.05, 0.1) is 15.6 Å². The van der Waals surface area contributed by atoms with Crippen LogP contribution < -0.4 is 4.74 Å². The highest BCUT2D eigenvalue weighted by atomic mass is 127. The first-order valence-electron chi connectivity index (χ1n) is 9.91. The topological polar surface area (TPSA) is 93.2 Å². The molecule has 2 fully saturated rings. The highest BCUT2D eigenvalue weighted by Gasteiger charge is 2.37. The van der Waals surface area contributed by atoms with Crippen LogP contribution in [-0.2, 0) is 19.1 Å². The number of carbonyl (C=O) groups excluding carboxylic acids is 4. The van der Waals surface area contributed by atoms with Crippen molar-refractivity contribution in [3.63, 3.8) is 0 Å². The fourth-order valence-electron chi connectivity index (χ4n) is 3.26. The molecule has 31 heavy (non-hydrogen) atoms. The summed E-state index contributed by atoms with van der Waals surface area (Å²) >= 11 is 2.89. The average Bonchev–Trinajstić information content (AvgIpc) is 2.95. The van der Waals surface area contributed by atoms with Crippen LogP contribution in [0.1, 0.15) is 31.2 Å². The Morgan fingerprint density at radius 3 is 2.52 bits per heavy atom. The fraction of sp³-hybridized carbons (Fsp3) is 0.429. The molecule has 0 radical (unpaired) electrons. The fourth-order valence-corrected chi connectivity index (χ4v) is 4.80. The van der Waals surface area contributed by atoms with Crippen LogP contribution >= 0.6 is 34.4 Å². The third-order valence-electron chi connectivity index (χ3n) is 4.95. The lowest BCUT2D eigenvalue weighted by Crippen LogP contribution is -2.42. The molecule has 8 nitrogen and oxygen atoms in total. The first kappa shape index (κ1) is 23.6. The molecular weight excluding hydrogens is 535 g/mol. The number of esters is 1. The number of thioether (sulfide) groups is 1. The van der Waals surface area contributed by atoms with Gasteiger partial charge in [-0.25, -0.2) is 4.79 Å². The summed E-state index contributed by atoms with van der Waals surface area (Å²) in [5, 5.41) is -0.438. The molecule has 0 spiro atoms. The first-order chi connectivity index (χ1) is 14.9. The van der Waals surface area contributed by atoms with Gasteiger partial charge in [-0.2, -0.15) is 0 Å². The molecule has 0 N–H and O–H groups in total. The van der Waals surface area contributed by atoms with E-state index < -0.39 is 17.1 Å². The molecule has 0 aliphatic carbocycles. The molecule has 2 aliphatic heterocycles. The van der Waals surface area contributed by atoms with Gasteiger partial charge in [-0.3, -0.25) is 19.3 Å². The van der Waals surface area contributed by atoms with E-state index in [2.05, 4.69) is 27.3 Å². The summed E-state index contributed by atoms with van der Waals surface area (Å²) in [6.07, 6.45) is 5.71. The van der Waals surface area contributed by atoms with Gasteiger partial charge in [0.2, 0.25) is 5.91 Å². The van der Waals surface area contributed by atoms with E-state index >= 15 is 0 Å². The van der Waals surface area contributed by atoms with Crippen LogP contribution in [0.5, 0.6) is 5.75 Å². The lowest BCUT2D eigenvalue weighted by Gasteiger charge is -2.22. The highest BCUT2D eigenvalue weighted by molar-refractivity contribution is 14.1. The molecule has 0 saturated carbocycles. The molecule has 0 aromatic heterocycles. The van der Waals surface area contributed by atoms with Crippen molar-refractivity contribution in [1.29, 1.82) is 0 Å². The maximum Gasteiger partial charge on any atom is 0.343 e. The van der Waals surface area contributed by atoms with Crippen LogP contribution in [0.4, 0.5) is 4.79 Å². The van der Waals surface area contributed by atoms with Crippen molar-refractivity contribution in [2.75, 3.05) is 33.4 Å². The molecule has 0 unspecified atom stereocenters. The lowest BCUT2D eigenvalue weighted by atomic mass is 10.2. The van der Waals surface area contributed by atoms with Gasteiger partial charge < -0.3 is 14.4 Å². The van der Waals surface area contributed by atoms with E-state index in [9.17, 15) is 19.2 Å². The molecular formula is C21H23IN2O6S. The Morgan fingerprint density at radius 2 is 1.87 bits per heavy atom. The molecule has 0 bridgehead atoms. The predicted molar refractivity (Wildman–Crippen MR) is 124 cm³/mol. The number of halogens is 1. The zero-order valence-corrected chi connectivity index (χ0v) is 20.1. The highest BCUT2D eigenvalue weighted by Crippen LogP contribution is 2.33. The summed E-state index contributed by atoms with van der Waals surface area (Å²) < 4.78 is 10.7. The van der Waals surface area contributed by atoms with Gasteiger partial charge in [0.25, 0.3) is 11.1 Å². The number of carbonyl (C=O) groups is 4. The molecule has 2 saturated heterocycles. The summed E-state index contributed by atoms with van der Waals surface area (Å²) in [6.45, 7) is 0.928. The minimum absolute atomic E-state index is 0.188. The zero-order valence-electron chi connectivity index (χ0n) is 17.1. The van der Waals surface area contributed by atoms with Crippen molar-refractivity contribution >= 4 is 63.5 Å². The number of hydrogen-bond donors (Lipinski definition) is 0. The molecule has 3 rings (SSSR count). The first-order valence-corrected chi connectivity index (χ1v) is 11.8. The van der Waals surface area contributed by atoms with Gasteiger partial charge in [-0.15, -0.1) is 0 Å². The minimum Gasteiger partial charge on any atom is -0.481 e. The largest absolute Gasteiger partial charge is 0.481 e. The number of likely N-dealkylation sites (tertiary alicyclic amines) is 1. The summed E-state index contributed by atoms with van der Waals surface area (Å²) in [6, 6.07) is 5.19. The molecule has 2 heterocycles. The number of imide groups is 1. The Kier molecular flexibility index (Phi) is 8.35. The van der Waals surface area contributed by atoms with Crippen LogP contribution in [0.2, 0.25) is 0 Å². The van der Waals surface area contributed by atoms with Gasteiger partial charge in [0.15, 0.2) is 6.61 Å². The Bertz CT molecular complexity index is 911. The molecule has 3 amide bonds.